The fourth-order valence-electron chi connectivity index (χ4n) is 1.61. The van der Waals surface area contributed by atoms with Crippen molar-refractivity contribution in [1.82, 2.24) is 20.1 Å². The lowest BCUT2D eigenvalue weighted by Crippen LogP contribution is -2.12. The van der Waals surface area contributed by atoms with Crippen LogP contribution in [-0.2, 0) is 13.1 Å². The minimum Gasteiger partial charge on any atom is -0.313 e. The normalized spacial score (nSPS) is 10.6. The van der Waals surface area contributed by atoms with E-state index in [0.29, 0.717) is 0 Å². The first-order valence-corrected chi connectivity index (χ1v) is 5.49. The van der Waals surface area contributed by atoms with Crippen molar-refractivity contribution in [2.45, 2.75) is 20.0 Å². The molecule has 0 fully saturated rings. The molecule has 0 unspecified atom stereocenters. The van der Waals surface area contributed by atoms with Gasteiger partial charge in [-0.05, 0) is 17.7 Å². The van der Waals surface area contributed by atoms with Gasteiger partial charge >= 0.3 is 0 Å². The molecule has 4 heteroatoms. The monoisotopic (exact) mass is 216 g/mol. The van der Waals surface area contributed by atoms with Crippen molar-refractivity contribution < 1.29 is 0 Å². The van der Waals surface area contributed by atoms with Crippen LogP contribution in [0.15, 0.2) is 36.9 Å². The van der Waals surface area contributed by atoms with Crippen molar-refractivity contribution in [2.24, 2.45) is 0 Å². The van der Waals surface area contributed by atoms with Crippen LogP contribution in [0.25, 0.3) is 0 Å². The summed E-state index contributed by atoms with van der Waals surface area (Å²) in [6.45, 7) is 4.80. The van der Waals surface area contributed by atoms with Crippen molar-refractivity contribution in [3.05, 3.63) is 48.0 Å². The van der Waals surface area contributed by atoms with Gasteiger partial charge in [0.15, 0.2) is 0 Å². The molecule has 16 heavy (non-hydrogen) atoms. The van der Waals surface area contributed by atoms with Gasteiger partial charge < -0.3 is 5.32 Å². The van der Waals surface area contributed by atoms with Crippen LogP contribution >= 0.6 is 0 Å². The quantitative estimate of drug-likeness (QED) is 0.822. The molecule has 1 heterocycles. The summed E-state index contributed by atoms with van der Waals surface area (Å²) in [4.78, 5) is 3.93. The van der Waals surface area contributed by atoms with Gasteiger partial charge in [-0.25, -0.2) is 9.67 Å². The van der Waals surface area contributed by atoms with Crippen molar-refractivity contribution in [1.29, 1.82) is 0 Å². The summed E-state index contributed by atoms with van der Waals surface area (Å²) in [6, 6.07) is 8.52. The summed E-state index contributed by atoms with van der Waals surface area (Å²) >= 11 is 0. The van der Waals surface area contributed by atoms with E-state index in [2.05, 4.69) is 46.6 Å². The first-order chi connectivity index (χ1) is 7.88. The van der Waals surface area contributed by atoms with E-state index in [1.807, 2.05) is 4.68 Å². The molecule has 0 saturated carbocycles. The maximum absolute atomic E-state index is 4.09. The van der Waals surface area contributed by atoms with E-state index in [1.54, 1.807) is 12.7 Å². The summed E-state index contributed by atoms with van der Waals surface area (Å²) in [5.41, 5.74) is 2.56. The van der Waals surface area contributed by atoms with Gasteiger partial charge in [-0.2, -0.15) is 5.10 Å². The molecule has 1 N–H and O–H groups in total. The Balaban J connectivity index is 2.04. The van der Waals surface area contributed by atoms with Crippen LogP contribution in [0.2, 0.25) is 0 Å². The van der Waals surface area contributed by atoms with Gasteiger partial charge in [0.2, 0.25) is 0 Å². The first kappa shape index (κ1) is 10.8. The number of aromatic nitrogens is 3. The Kier molecular flexibility index (Phi) is 3.66. The lowest BCUT2D eigenvalue weighted by Gasteiger charge is -2.05. The van der Waals surface area contributed by atoms with E-state index in [9.17, 15) is 0 Å². The second-order valence-corrected chi connectivity index (χ2v) is 3.69. The number of hydrogen-bond donors (Lipinski definition) is 1. The van der Waals surface area contributed by atoms with Gasteiger partial charge in [0.05, 0.1) is 6.54 Å². The summed E-state index contributed by atoms with van der Waals surface area (Å²) in [7, 11) is 0. The molecule has 84 valence electrons. The average molecular weight is 216 g/mol. The molecule has 0 bridgehead atoms. The minimum absolute atomic E-state index is 0.778. The molecule has 0 aliphatic heterocycles. The van der Waals surface area contributed by atoms with Gasteiger partial charge in [-0.3, -0.25) is 0 Å². The van der Waals surface area contributed by atoms with E-state index < -0.39 is 0 Å². The van der Waals surface area contributed by atoms with E-state index in [0.717, 1.165) is 19.6 Å². The Morgan fingerprint density at radius 3 is 2.94 bits per heavy atom. The van der Waals surface area contributed by atoms with E-state index >= 15 is 0 Å². The zero-order valence-corrected chi connectivity index (χ0v) is 9.43. The molecule has 4 nitrogen and oxygen atoms in total. The van der Waals surface area contributed by atoms with E-state index in [-0.39, 0.29) is 0 Å². The number of rotatable bonds is 5. The summed E-state index contributed by atoms with van der Waals surface area (Å²) in [5, 5.41) is 7.41. The third kappa shape index (κ3) is 2.90. The number of hydrogen-bond acceptors (Lipinski definition) is 3. The Labute approximate surface area is 95.3 Å². The highest BCUT2D eigenvalue weighted by Gasteiger charge is 1.97. The Morgan fingerprint density at radius 1 is 1.31 bits per heavy atom. The lowest BCUT2D eigenvalue weighted by molar-refractivity contribution is 0.681. The average Bonchev–Trinajstić information content (AvgIpc) is 2.80. The van der Waals surface area contributed by atoms with Crippen molar-refractivity contribution >= 4 is 0 Å². The smallest absolute Gasteiger partial charge is 0.137 e. The lowest BCUT2D eigenvalue weighted by atomic mass is 10.1. The highest BCUT2D eigenvalue weighted by molar-refractivity contribution is 5.23. The third-order valence-electron chi connectivity index (χ3n) is 2.38. The van der Waals surface area contributed by atoms with Crippen LogP contribution in [0.5, 0.6) is 0 Å². The molecule has 0 aliphatic carbocycles. The molecule has 1 aromatic carbocycles. The predicted molar refractivity (Wildman–Crippen MR) is 62.9 cm³/mol. The highest BCUT2D eigenvalue weighted by Crippen LogP contribution is 2.06. The van der Waals surface area contributed by atoms with Gasteiger partial charge in [0, 0.05) is 6.54 Å². The Hall–Kier alpha value is -1.68. The molecular formula is C12H16N4. The number of nitrogens with one attached hydrogen (secondary N) is 1. The van der Waals surface area contributed by atoms with E-state index in [4.69, 9.17) is 0 Å². The van der Waals surface area contributed by atoms with Crippen LogP contribution in [0, 0.1) is 0 Å². The van der Waals surface area contributed by atoms with Crippen molar-refractivity contribution in [3.63, 3.8) is 0 Å². The van der Waals surface area contributed by atoms with E-state index in [1.165, 1.54) is 11.1 Å². The summed E-state index contributed by atoms with van der Waals surface area (Å²) in [5.74, 6) is 0. The fourth-order valence-corrected chi connectivity index (χ4v) is 1.61. The highest BCUT2D eigenvalue weighted by atomic mass is 15.3. The second kappa shape index (κ2) is 5.42. The van der Waals surface area contributed by atoms with Crippen LogP contribution in [0.3, 0.4) is 0 Å². The van der Waals surface area contributed by atoms with Gasteiger partial charge in [-0.1, -0.05) is 31.2 Å². The molecule has 0 amide bonds. The minimum atomic E-state index is 0.778. The Bertz CT molecular complexity index is 422. The molecular weight excluding hydrogens is 200 g/mol. The maximum Gasteiger partial charge on any atom is 0.137 e. The fraction of sp³-hybridized carbons (Fsp3) is 0.333. The topological polar surface area (TPSA) is 42.7 Å². The predicted octanol–water partition coefficient (Wildman–Crippen LogP) is 1.44. The molecule has 0 radical (unpaired) electrons. The molecule has 0 saturated heterocycles. The molecule has 2 rings (SSSR count). The summed E-state index contributed by atoms with van der Waals surface area (Å²) in [6.07, 6.45) is 3.29. The van der Waals surface area contributed by atoms with Gasteiger partial charge in [0.25, 0.3) is 0 Å². The largest absolute Gasteiger partial charge is 0.313 e. The number of benzene rings is 1. The molecule has 0 aliphatic rings. The second-order valence-electron chi connectivity index (χ2n) is 3.69. The van der Waals surface area contributed by atoms with Crippen LogP contribution in [0.1, 0.15) is 18.1 Å². The van der Waals surface area contributed by atoms with Crippen LogP contribution < -0.4 is 5.32 Å². The van der Waals surface area contributed by atoms with Gasteiger partial charge in [0.1, 0.15) is 12.7 Å². The third-order valence-corrected chi connectivity index (χ3v) is 2.38. The standard InChI is InChI=1S/C12H16N4/c1-2-13-7-11-4-3-5-12(6-11)8-16-10-14-9-15-16/h3-6,9-10,13H,2,7-8H2,1H3. The number of nitrogens with zero attached hydrogens (tertiary/aromatic N) is 3. The molecule has 0 spiro atoms. The van der Waals surface area contributed by atoms with Crippen LogP contribution in [-0.4, -0.2) is 21.3 Å². The summed E-state index contributed by atoms with van der Waals surface area (Å²) < 4.78 is 1.83. The van der Waals surface area contributed by atoms with Gasteiger partial charge in [-0.15, -0.1) is 0 Å². The first-order valence-electron chi connectivity index (χ1n) is 5.49. The van der Waals surface area contributed by atoms with Crippen LogP contribution in [0.4, 0.5) is 0 Å². The molecule has 2 aromatic rings. The zero-order chi connectivity index (χ0) is 11.2. The molecule has 0 atom stereocenters. The molecule has 1 aromatic heterocycles. The maximum atomic E-state index is 4.09. The van der Waals surface area contributed by atoms with Crippen molar-refractivity contribution in [2.75, 3.05) is 6.54 Å². The SMILES string of the molecule is CCNCc1cccc(Cn2cncn2)c1. The zero-order valence-electron chi connectivity index (χ0n) is 9.43. The van der Waals surface area contributed by atoms with Crippen molar-refractivity contribution in [3.8, 4) is 0 Å². The Morgan fingerprint density at radius 2 is 2.19 bits per heavy atom.